The van der Waals surface area contributed by atoms with Gasteiger partial charge in [-0.2, -0.15) is 0 Å². The number of rotatable bonds is 4. The molecule has 14 heavy (non-hydrogen) atoms. The number of hydrogen-bond acceptors (Lipinski definition) is 2. The van der Waals surface area contributed by atoms with Crippen molar-refractivity contribution in [1.29, 1.82) is 0 Å². The van der Waals surface area contributed by atoms with Crippen molar-refractivity contribution in [2.24, 2.45) is 0 Å². The van der Waals surface area contributed by atoms with E-state index < -0.39 is 0 Å². The molecule has 0 aliphatic rings. The first-order chi connectivity index (χ1) is 6.58. The summed E-state index contributed by atoms with van der Waals surface area (Å²) in [5.41, 5.74) is 0.635. The summed E-state index contributed by atoms with van der Waals surface area (Å²) in [6.45, 7) is 2.30. The molecule has 1 aromatic rings. The Labute approximate surface area is 87.7 Å². The quantitative estimate of drug-likeness (QED) is 0.813. The number of halogens is 2. The van der Waals surface area contributed by atoms with Gasteiger partial charge < -0.3 is 10.4 Å². The maximum Gasteiger partial charge on any atom is 0.126 e. The number of nitrogens with one attached hydrogen (secondary N) is 1. The number of benzene rings is 1. The van der Waals surface area contributed by atoms with Gasteiger partial charge in [-0.1, -0.05) is 11.6 Å². The monoisotopic (exact) mass is 217 g/mol. The van der Waals surface area contributed by atoms with Gasteiger partial charge in [0.1, 0.15) is 5.82 Å². The fourth-order valence-electron chi connectivity index (χ4n) is 1.08. The van der Waals surface area contributed by atoms with Gasteiger partial charge in [-0.3, -0.25) is 0 Å². The lowest BCUT2D eigenvalue weighted by molar-refractivity contribution is 0.189. The highest BCUT2D eigenvalue weighted by molar-refractivity contribution is 6.30. The van der Waals surface area contributed by atoms with Crippen LogP contribution in [-0.2, 0) is 0 Å². The van der Waals surface area contributed by atoms with Crippen LogP contribution in [0.25, 0.3) is 0 Å². The first-order valence-corrected chi connectivity index (χ1v) is 4.84. The second kappa shape index (κ2) is 5.17. The Morgan fingerprint density at radius 3 is 2.79 bits per heavy atom. The average molecular weight is 218 g/mol. The lowest BCUT2D eigenvalue weighted by Crippen LogP contribution is -2.09. The molecule has 1 unspecified atom stereocenters. The third-order valence-corrected chi connectivity index (χ3v) is 1.97. The van der Waals surface area contributed by atoms with Crippen molar-refractivity contribution < 1.29 is 9.50 Å². The molecule has 0 aromatic heterocycles. The van der Waals surface area contributed by atoms with Crippen LogP contribution in [0.4, 0.5) is 10.1 Å². The van der Waals surface area contributed by atoms with Crippen LogP contribution in [0.2, 0.25) is 5.02 Å². The zero-order valence-electron chi connectivity index (χ0n) is 7.93. The van der Waals surface area contributed by atoms with Gasteiger partial charge in [0.05, 0.1) is 6.10 Å². The molecule has 0 amide bonds. The maximum atomic E-state index is 12.8. The topological polar surface area (TPSA) is 32.3 Å². The molecule has 78 valence electrons. The molecule has 0 bridgehead atoms. The van der Waals surface area contributed by atoms with E-state index in [1.807, 2.05) is 0 Å². The van der Waals surface area contributed by atoms with Crippen molar-refractivity contribution in [3.8, 4) is 0 Å². The predicted octanol–water partition coefficient (Wildman–Crippen LogP) is 2.66. The van der Waals surface area contributed by atoms with Gasteiger partial charge in [0.15, 0.2) is 0 Å². The fraction of sp³-hybridized carbons (Fsp3) is 0.400. The molecule has 0 heterocycles. The second-order valence-corrected chi connectivity index (χ2v) is 3.66. The fourth-order valence-corrected chi connectivity index (χ4v) is 1.30. The summed E-state index contributed by atoms with van der Waals surface area (Å²) in [4.78, 5) is 0. The van der Waals surface area contributed by atoms with Gasteiger partial charge in [0, 0.05) is 17.3 Å². The Kier molecular flexibility index (Phi) is 4.17. The minimum absolute atomic E-state index is 0.355. The normalized spacial score (nSPS) is 12.6. The number of aliphatic hydroxyl groups is 1. The molecule has 1 aromatic carbocycles. The van der Waals surface area contributed by atoms with Gasteiger partial charge in [-0.25, -0.2) is 4.39 Å². The van der Waals surface area contributed by atoms with Crippen molar-refractivity contribution in [3.05, 3.63) is 29.0 Å². The molecule has 1 rings (SSSR count). The number of hydrogen-bond donors (Lipinski definition) is 2. The summed E-state index contributed by atoms with van der Waals surface area (Å²) < 4.78 is 12.8. The van der Waals surface area contributed by atoms with E-state index in [2.05, 4.69) is 5.32 Å². The zero-order valence-corrected chi connectivity index (χ0v) is 8.68. The van der Waals surface area contributed by atoms with Crippen LogP contribution in [0.5, 0.6) is 0 Å². The van der Waals surface area contributed by atoms with E-state index in [4.69, 9.17) is 16.7 Å². The number of anilines is 1. The largest absolute Gasteiger partial charge is 0.393 e. The highest BCUT2D eigenvalue weighted by atomic mass is 35.5. The first kappa shape index (κ1) is 11.3. The van der Waals surface area contributed by atoms with Crippen molar-refractivity contribution in [3.63, 3.8) is 0 Å². The van der Waals surface area contributed by atoms with Crippen LogP contribution < -0.4 is 5.32 Å². The lowest BCUT2D eigenvalue weighted by atomic mass is 10.2. The van der Waals surface area contributed by atoms with Crippen LogP contribution in [0.15, 0.2) is 18.2 Å². The second-order valence-electron chi connectivity index (χ2n) is 3.22. The van der Waals surface area contributed by atoms with Crippen molar-refractivity contribution >= 4 is 17.3 Å². The van der Waals surface area contributed by atoms with Gasteiger partial charge >= 0.3 is 0 Å². The first-order valence-electron chi connectivity index (χ1n) is 4.46. The van der Waals surface area contributed by atoms with Crippen LogP contribution >= 0.6 is 11.6 Å². The molecule has 0 aliphatic heterocycles. The highest BCUT2D eigenvalue weighted by Gasteiger charge is 1.99. The Morgan fingerprint density at radius 1 is 1.50 bits per heavy atom. The molecule has 0 saturated heterocycles. The smallest absolute Gasteiger partial charge is 0.126 e. The molecule has 4 heteroatoms. The third-order valence-electron chi connectivity index (χ3n) is 1.75. The van der Waals surface area contributed by atoms with Gasteiger partial charge in [0.25, 0.3) is 0 Å². The lowest BCUT2D eigenvalue weighted by Gasteiger charge is -2.08. The summed E-state index contributed by atoms with van der Waals surface area (Å²) in [7, 11) is 0. The summed E-state index contributed by atoms with van der Waals surface area (Å²) >= 11 is 5.66. The Balaban J connectivity index is 2.50. The Hall–Kier alpha value is -0.800. The summed E-state index contributed by atoms with van der Waals surface area (Å²) in [5, 5.41) is 12.3. The van der Waals surface area contributed by atoms with E-state index in [1.165, 1.54) is 12.1 Å². The molecule has 0 aliphatic carbocycles. The molecular weight excluding hydrogens is 205 g/mol. The summed E-state index contributed by atoms with van der Waals surface area (Å²) in [6.07, 6.45) is 0.264. The molecule has 2 nitrogen and oxygen atoms in total. The zero-order chi connectivity index (χ0) is 10.6. The Bertz CT molecular complexity index is 284. The average Bonchev–Trinajstić information content (AvgIpc) is 2.01. The molecule has 1 atom stereocenters. The molecule has 2 N–H and O–H groups in total. The minimum atomic E-state index is -0.364. The SMILES string of the molecule is CC(O)CCNc1cc(F)cc(Cl)c1. The van der Waals surface area contributed by atoms with Gasteiger partial charge in [0.2, 0.25) is 0 Å². The predicted molar refractivity (Wildman–Crippen MR) is 56.2 cm³/mol. The van der Waals surface area contributed by atoms with Crippen LogP contribution in [-0.4, -0.2) is 17.8 Å². The molecule has 0 radical (unpaired) electrons. The van der Waals surface area contributed by atoms with Gasteiger partial charge in [-0.05, 0) is 31.5 Å². The summed E-state index contributed by atoms with van der Waals surface area (Å²) in [6, 6.07) is 4.27. The maximum absolute atomic E-state index is 12.8. The van der Waals surface area contributed by atoms with Crippen molar-refractivity contribution in [2.75, 3.05) is 11.9 Å². The van der Waals surface area contributed by atoms with E-state index in [1.54, 1.807) is 13.0 Å². The van der Waals surface area contributed by atoms with Gasteiger partial charge in [-0.15, -0.1) is 0 Å². The highest BCUT2D eigenvalue weighted by Crippen LogP contribution is 2.17. The van der Waals surface area contributed by atoms with Crippen LogP contribution in [0, 0.1) is 5.82 Å². The standard InChI is InChI=1S/C10H13ClFNO/c1-7(14)2-3-13-10-5-8(11)4-9(12)6-10/h4-7,13-14H,2-3H2,1H3. The number of aliphatic hydroxyl groups excluding tert-OH is 1. The van der Waals surface area contributed by atoms with E-state index in [-0.39, 0.29) is 11.9 Å². The van der Waals surface area contributed by atoms with E-state index in [0.717, 1.165) is 0 Å². The molecule has 0 saturated carbocycles. The Morgan fingerprint density at radius 2 is 2.21 bits per heavy atom. The summed E-state index contributed by atoms with van der Waals surface area (Å²) in [5.74, 6) is -0.364. The third kappa shape index (κ3) is 3.94. The molecule has 0 fully saturated rings. The van der Waals surface area contributed by atoms with E-state index in [0.29, 0.717) is 23.7 Å². The van der Waals surface area contributed by atoms with Crippen LogP contribution in [0.3, 0.4) is 0 Å². The molecule has 0 spiro atoms. The van der Waals surface area contributed by atoms with Crippen molar-refractivity contribution in [2.45, 2.75) is 19.4 Å². The minimum Gasteiger partial charge on any atom is -0.393 e. The van der Waals surface area contributed by atoms with E-state index in [9.17, 15) is 4.39 Å². The molecular formula is C10H13ClFNO. The van der Waals surface area contributed by atoms with E-state index >= 15 is 0 Å². The van der Waals surface area contributed by atoms with Crippen molar-refractivity contribution in [1.82, 2.24) is 0 Å². The van der Waals surface area contributed by atoms with Crippen LogP contribution in [0.1, 0.15) is 13.3 Å².